The van der Waals surface area contributed by atoms with E-state index < -0.39 is 42.5 Å². The highest BCUT2D eigenvalue weighted by Gasteiger charge is 2.38. The van der Waals surface area contributed by atoms with Crippen LogP contribution in [0.2, 0.25) is 15.1 Å². The number of aliphatic hydroxyl groups excluding tert-OH is 4. The number of rotatable bonds is 33. The first kappa shape index (κ1) is 97.0. The lowest BCUT2D eigenvalue weighted by molar-refractivity contribution is -0.127. The number of nitrogens with zero attached hydrogens (tertiary/aromatic N) is 11. The highest BCUT2D eigenvalue weighted by Crippen LogP contribution is 2.33. The van der Waals surface area contributed by atoms with E-state index in [1.165, 1.54) is 12.8 Å². The van der Waals surface area contributed by atoms with Crippen molar-refractivity contribution >= 4 is 69.6 Å². The Morgan fingerprint density at radius 1 is 0.358 bits per heavy atom. The Kier molecular flexibility index (Phi) is 38.2. The molecular formula is C94H134Cl3N15O11. The van der Waals surface area contributed by atoms with Crippen molar-refractivity contribution in [3.8, 4) is 23.5 Å². The number of halogens is 3. The van der Waals surface area contributed by atoms with Crippen LogP contribution in [0.25, 0.3) is 0 Å². The number of amides is 3. The van der Waals surface area contributed by atoms with Crippen LogP contribution in [-0.2, 0) is 14.4 Å². The van der Waals surface area contributed by atoms with Gasteiger partial charge in [-0.1, -0.05) is 42.2 Å². The summed E-state index contributed by atoms with van der Waals surface area (Å²) < 4.78 is 22.3. The minimum Gasteiger partial charge on any atom is -0.475 e. The van der Waals surface area contributed by atoms with E-state index in [1.54, 1.807) is 49.1 Å². The van der Waals surface area contributed by atoms with Crippen LogP contribution in [0.15, 0.2) is 146 Å². The number of ether oxygens (including phenoxy) is 4. The lowest BCUT2D eigenvalue weighted by Crippen LogP contribution is -2.48. The molecule has 672 valence electrons. The molecule has 3 amide bonds. The first-order valence-electron chi connectivity index (χ1n) is 44.0. The molecule has 2 unspecified atom stereocenters. The van der Waals surface area contributed by atoms with Crippen LogP contribution in [0.1, 0.15) is 180 Å². The van der Waals surface area contributed by atoms with Crippen molar-refractivity contribution in [2.75, 3.05) is 133 Å². The number of likely N-dealkylation sites (tertiary alicyclic amines) is 4. The fourth-order valence-corrected chi connectivity index (χ4v) is 17.1. The van der Waals surface area contributed by atoms with Gasteiger partial charge in [0, 0.05) is 175 Å². The van der Waals surface area contributed by atoms with Gasteiger partial charge in [-0.05, 0) is 275 Å². The molecule has 0 radical (unpaired) electrons. The van der Waals surface area contributed by atoms with Crippen LogP contribution in [-0.4, -0.2) is 244 Å². The maximum atomic E-state index is 13.2. The molecule has 0 spiro atoms. The van der Waals surface area contributed by atoms with E-state index in [4.69, 9.17) is 59.5 Å². The van der Waals surface area contributed by atoms with E-state index in [2.05, 4.69) is 70.2 Å². The Bertz CT molecular complexity index is 3890. The van der Waals surface area contributed by atoms with Crippen molar-refractivity contribution < 1.29 is 53.8 Å². The Morgan fingerprint density at radius 2 is 0.585 bits per heavy atom. The maximum absolute atomic E-state index is 13.2. The van der Waals surface area contributed by atoms with Crippen molar-refractivity contribution in [1.29, 1.82) is 0 Å². The van der Waals surface area contributed by atoms with Crippen LogP contribution in [0.3, 0.4) is 0 Å². The number of aliphatic hydroxyl groups is 4. The Morgan fingerprint density at radius 3 is 0.805 bits per heavy atom. The number of carbonyl (C=O) groups excluding carboxylic acids is 3. The van der Waals surface area contributed by atoms with E-state index in [0.29, 0.717) is 94.5 Å². The van der Waals surface area contributed by atoms with Gasteiger partial charge >= 0.3 is 0 Å². The van der Waals surface area contributed by atoms with Crippen molar-refractivity contribution in [3.63, 3.8) is 0 Å². The maximum Gasteiger partial charge on any atom is 0.225 e. The minimum absolute atomic E-state index is 0. The molecular weight excluding hydrogens is 1620 g/mol. The molecule has 9 N–H and O–H groups in total. The Balaban J connectivity index is 0.000000174. The molecule has 4 aromatic heterocycles. The Hall–Kier alpha value is -8.22. The van der Waals surface area contributed by atoms with E-state index in [1.807, 2.05) is 152 Å². The monoisotopic (exact) mass is 1750 g/mol. The topological polar surface area (TPSA) is 305 Å². The molecule has 7 saturated heterocycles. The van der Waals surface area contributed by atoms with Gasteiger partial charge in [-0.15, -0.1) is 0 Å². The third-order valence-electron chi connectivity index (χ3n) is 23.2. The molecule has 29 heteroatoms. The zero-order valence-electron chi connectivity index (χ0n) is 72.3. The number of aromatic nitrogens is 4. The summed E-state index contributed by atoms with van der Waals surface area (Å²) in [7, 11) is 0. The highest BCUT2D eigenvalue weighted by molar-refractivity contribution is 6.31. The quantitative estimate of drug-likeness (QED) is 0.0190. The summed E-state index contributed by atoms with van der Waals surface area (Å²) in [6.45, 7) is 30.7. The second kappa shape index (κ2) is 48.5. The number of hydrogen-bond acceptors (Lipinski definition) is 23. The summed E-state index contributed by atoms with van der Waals surface area (Å²) in [6.07, 6.45) is 15.2. The van der Waals surface area contributed by atoms with Crippen molar-refractivity contribution in [2.45, 2.75) is 206 Å². The molecule has 14 rings (SSSR count). The van der Waals surface area contributed by atoms with E-state index in [0.717, 1.165) is 159 Å². The van der Waals surface area contributed by atoms with Crippen LogP contribution in [0.5, 0.6) is 23.5 Å². The van der Waals surface area contributed by atoms with E-state index in [-0.39, 0.29) is 73.4 Å². The van der Waals surface area contributed by atoms with Gasteiger partial charge in [0.05, 0.1) is 66.4 Å². The molecule has 0 saturated carbocycles. The number of pyridine rings is 4. The van der Waals surface area contributed by atoms with Crippen molar-refractivity contribution in [3.05, 3.63) is 183 Å². The molecule has 11 heterocycles. The summed E-state index contributed by atoms with van der Waals surface area (Å²) >= 11 is 18.0. The second-order valence-corrected chi connectivity index (χ2v) is 35.7. The zero-order valence-corrected chi connectivity index (χ0v) is 74.6. The predicted molar refractivity (Wildman–Crippen MR) is 488 cm³/mol. The van der Waals surface area contributed by atoms with Crippen molar-refractivity contribution in [1.82, 2.24) is 55.5 Å². The molecule has 7 aliphatic rings. The molecule has 7 aromatic rings. The fourth-order valence-electron chi connectivity index (χ4n) is 16.7. The molecule has 3 aromatic carbocycles. The number of benzene rings is 3. The first-order valence-corrected chi connectivity index (χ1v) is 45.2. The predicted octanol–water partition coefficient (Wildman–Crippen LogP) is 12.9. The number of carbonyl (C=O) groups is 3. The summed E-state index contributed by atoms with van der Waals surface area (Å²) in [6, 6.07) is 36.1. The van der Waals surface area contributed by atoms with Crippen LogP contribution >= 0.6 is 34.8 Å². The smallest absolute Gasteiger partial charge is 0.225 e. The SMILES string of the molecule is C.CC(C)Oc1ccc(C(O)[C@H](N)CN2CCCC2)cn1.CC(C)Oc1ccc([C@@H](O)[C@@H](CN2CCCC2)NC(=O)C2CCN(c3ccc(Cl)cc3)C2)cn1.CC(C)Oc1ccc([C@@H](O)[C@@H](CN2CCCC2)NC(=O)[C@@H]2CCN(c3ccc(Cl)cc3)C2)cn1.CC(C)Oc1ccc([C@@H](O)[C@@H](CN2CCCC2)NC(=O)[C@H]2CCN(c3ccc(Cl)cc3)C2)cn1. The standard InChI is InChI=1S/3C26H35ClN4O3.C15H25N3O2.CH4/c3*1-18(2)34-24-10-5-19(15-28-24)25(32)23(17-30-12-3-4-13-30)29-26(33)20-11-14-31(16-20)22-8-6-21(27)7-9-22;1-11(2)20-14-6-5-12(9-17-14)15(19)13(16)10-18-7-3-4-8-18;/h3*5-10,15,18,20,23,25,32H,3-4,11-14,16-17H2,1-2H3,(H,29,33);5-6,9,11,13,15,19H,3-4,7-8,10,16H2,1-2H3;1H4/t20?,23-,25-;20-,23+,25+;20-,23-,25-;13-,15?;/m1011./s1. The van der Waals surface area contributed by atoms with Gasteiger partial charge in [-0.3, -0.25) is 14.4 Å². The van der Waals surface area contributed by atoms with Gasteiger partial charge in [0.2, 0.25) is 41.2 Å². The normalized spacial score (nSPS) is 20.1. The third kappa shape index (κ3) is 30.3. The van der Waals surface area contributed by atoms with Crippen LogP contribution < -0.4 is 55.3 Å². The third-order valence-corrected chi connectivity index (χ3v) is 24.0. The van der Waals surface area contributed by atoms with Gasteiger partial charge in [0.1, 0.15) is 18.3 Å². The van der Waals surface area contributed by atoms with Gasteiger partial charge in [-0.25, -0.2) is 19.9 Å². The molecule has 0 aliphatic carbocycles. The molecule has 0 bridgehead atoms. The number of nitrogens with one attached hydrogen (secondary N) is 3. The number of anilines is 3. The highest BCUT2D eigenvalue weighted by atomic mass is 35.5. The molecule has 11 atom stereocenters. The van der Waals surface area contributed by atoms with Gasteiger partial charge in [0.25, 0.3) is 0 Å². The van der Waals surface area contributed by atoms with E-state index >= 15 is 0 Å². The zero-order chi connectivity index (χ0) is 86.8. The molecule has 123 heavy (non-hydrogen) atoms. The van der Waals surface area contributed by atoms with Crippen LogP contribution in [0.4, 0.5) is 17.1 Å². The van der Waals surface area contributed by atoms with Gasteiger partial charge in [-0.2, -0.15) is 0 Å². The number of nitrogens with two attached hydrogens (primary N) is 1. The van der Waals surface area contributed by atoms with Crippen molar-refractivity contribution in [2.24, 2.45) is 23.5 Å². The minimum atomic E-state index is -0.848. The summed E-state index contributed by atoms with van der Waals surface area (Å²) in [5.41, 5.74) is 12.1. The fraction of sp³-hybridized carbons (Fsp3) is 0.564. The average molecular weight is 1760 g/mol. The Labute approximate surface area is 743 Å². The molecule has 26 nitrogen and oxygen atoms in total. The average Bonchev–Trinajstić information content (AvgIpc) is 1.84. The van der Waals surface area contributed by atoms with Gasteiger partial charge < -0.3 is 95.4 Å². The van der Waals surface area contributed by atoms with Crippen LogP contribution in [0, 0.1) is 17.8 Å². The summed E-state index contributed by atoms with van der Waals surface area (Å²) in [4.78, 5) is 72.8. The lowest BCUT2D eigenvalue weighted by Gasteiger charge is -2.29. The van der Waals surface area contributed by atoms with Gasteiger partial charge in [0.15, 0.2) is 0 Å². The first-order chi connectivity index (χ1) is 58.7. The molecule has 7 aliphatic heterocycles. The second-order valence-electron chi connectivity index (χ2n) is 34.4. The largest absolute Gasteiger partial charge is 0.475 e. The molecule has 7 fully saturated rings. The van der Waals surface area contributed by atoms with E-state index in [9.17, 15) is 34.8 Å². The lowest BCUT2D eigenvalue weighted by atomic mass is 10.0. The summed E-state index contributed by atoms with van der Waals surface area (Å²) in [5, 5.41) is 55.6. The summed E-state index contributed by atoms with van der Waals surface area (Å²) in [5.74, 6) is 1.77. The number of hydrogen-bond donors (Lipinski definition) is 8.